The first-order valence-electron chi connectivity index (χ1n) is 7.54. The lowest BCUT2D eigenvalue weighted by molar-refractivity contribution is 0.124. The van der Waals surface area contributed by atoms with E-state index in [2.05, 4.69) is 10.0 Å². The first kappa shape index (κ1) is 16.3. The van der Waals surface area contributed by atoms with Crippen LogP contribution in [0.3, 0.4) is 0 Å². The largest absolute Gasteiger partial charge is 0.384 e. The highest BCUT2D eigenvalue weighted by Gasteiger charge is 2.21. The maximum atomic E-state index is 12.1. The molecule has 1 aliphatic carbocycles. The number of para-hydroxylation sites is 1. The van der Waals surface area contributed by atoms with Gasteiger partial charge in [-0.25, -0.2) is 13.1 Å². The van der Waals surface area contributed by atoms with Gasteiger partial charge in [0.15, 0.2) is 0 Å². The van der Waals surface area contributed by atoms with Crippen LogP contribution in [0.15, 0.2) is 29.2 Å². The highest BCUT2D eigenvalue weighted by Crippen LogP contribution is 2.28. The van der Waals surface area contributed by atoms with Crippen molar-refractivity contribution in [3.8, 4) is 0 Å². The molecule has 0 bridgehead atoms. The molecular formula is C15H24N2O3S. The summed E-state index contributed by atoms with van der Waals surface area (Å²) in [7, 11) is -3.44. The lowest BCUT2D eigenvalue weighted by Crippen LogP contribution is -2.24. The van der Waals surface area contributed by atoms with Gasteiger partial charge < -0.3 is 10.1 Å². The Labute approximate surface area is 127 Å². The smallest absolute Gasteiger partial charge is 0.242 e. The molecule has 5 nitrogen and oxygen atoms in total. The number of rotatable bonds is 10. The van der Waals surface area contributed by atoms with E-state index in [9.17, 15) is 8.42 Å². The van der Waals surface area contributed by atoms with Crippen LogP contribution in [0, 0.1) is 5.92 Å². The quantitative estimate of drug-likeness (QED) is 0.650. The Morgan fingerprint density at radius 1 is 1.29 bits per heavy atom. The lowest BCUT2D eigenvalue weighted by Gasteiger charge is -2.12. The fraction of sp³-hybridized carbons (Fsp3) is 0.600. The summed E-state index contributed by atoms with van der Waals surface area (Å²) in [6.07, 6.45) is 3.46. The molecule has 6 heteroatoms. The average molecular weight is 312 g/mol. The van der Waals surface area contributed by atoms with Gasteiger partial charge in [0.2, 0.25) is 10.0 Å². The van der Waals surface area contributed by atoms with E-state index in [-0.39, 0.29) is 0 Å². The second-order valence-electron chi connectivity index (χ2n) is 5.30. The van der Waals surface area contributed by atoms with E-state index in [1.54, 1.807) is 25.1 Å². The Balaban J connectivity index is 1.81. The Morgan fingerprint density at radius 3 is 2.76 bits per heavy atom. The summed E-state index contributed by atoms with van der Waals surface area (Å²) in [5.41, 5.74) is 0.639. The zero-order valence-electron chi connectivity index (χ0n) is 12.5. The zero-order chi connectivity index (χ0) is 15.1. The molecule has 1 fully saturated rings. The molecule has 0 spiro atoms. The van der Waals surface area contributed by atoms with Crippen LogP contribution in [0.2, 0.25) is 0 Å². The molecule has 0 aromatic heterocycles. The van der Waals surface area contributed by atoms with Crippen molar-refractivity contribution in [3.63, 3.8) is 0 Å². The molecule has 1 aromatic carbocycles. The summed E-state index contributed by atoms with van der Waals surface area (Å²) in [5.74, 6) is 0.781. The minimum atomic E-state index is -3.44. The van der Waals surface area contributed by atoms with Crippen molar-refractivity contribution >= 4 is 15.7 Å². The van der Waals surface area contributed by atoms with Gasteiger partial charge in [0.25, 0.3) is 0 Å². The minimum absolute atomic E-state index is 0.297. The van der Waals surface area contributed by atoms with E-state index in [1.165, 1.54) is 12.8 Å². The van der Waals surface area contributed by atoms with Crippen molar-refractivity contribution in [1.82, 2.24) is 4.72 Å². The lowest BCUT2D eigenvalue weighted by atomic mass is 10.3. The fourth-order valence-corrected chi connectivity index (χ4v) is 3.27. The zero-order valence-corrected chi connectivity index (χ0v) is 13.3. The predicted molar refractivity (Wildman–Crippen MR) is 84.0 cm³/mol. The third kappa shape index (κ3) is 5.30. The number of ether oxygens (including phenoxy) is 1. The second kappa shape index (κ2) is 7.77. The molecule has 1 aromatic rings. The Morgan fingerprint density at radius 2 is 2.05 bits per heavy atom. The molecule has 0 aliphatic heterocycles. The Hall–Kier alpha value is -1.11. The van der Waals surface area contributed by atoms with Gasteiger partial charge >= 0.3 is 0 Å². The molecule has 1 saturated carbocycles. The molecule has 0 radical (unpaired) electrons. The number of benzene rings is 1. The molecule has 2 N–H and O–H groups in total. The first-order chi connectivity index (χ1) is 10.1. The van der Waals surface area contributed by atoms with E-state index >= 15 is 0 Å². The van der Waals surface area contributed by atoms with Gasteiger partial charge in [0.1, 0.15) is 4.90 Å². The SMILES string of the molecule is CCNS(=O)(=O)c1ccccc1NCCCOCC1CC1. The number of hydrogen-bond donors (Lipinski definition) is 2. The van der Waals surface area contributed by atoms with E-state index in [1.807, 2.05) is 6.07 Å². The van der Waals surface area contributed by atoms with Crippen LogP contribution in [-0.2, 0) is 14.8 Å². The maximum Gasteiger partial charge on any atom is 0.242 e. The van der Waals surface area contributed by atoms with Crippen molar-refractivity contribution in [3.05, 3.63) is 24.3 Å². The highest BCUT2D eigenvalue weighted by molar-refractivity contribution is 7.89. The molecule has 0 saturated heterocycles. The third-order valence-electron chi connectivity index (χ3n) is 3.34. The fourth-order valence-electron chi connectivity index (χ4n) is 2.05. The summed E-state index contributed by atoms with van der Waals surface area (Å²) < 4.78 is 32.3. The molecule has 0 atom stereocenters. The summed E-state index contributed by atoms with van der Waals surface area (Å²) in [6.45, 7) is 4.43. The van der Waals surface area contributed by atoms with Crippen LogP contribution < -0.4 is 10.0 Å². The van der Waals surface area contributed by atoms with Crippen molar-refractivity contribution in [2.24, 2.45) is 5.92 Å². The van der Waals surface area contributed by atoms with Crippen molar-refractivity contribution in [2.75, 3.05) is 31.6 Å². The number of sulfonamides is 1. The van der Waals surface area contributed by atoms with Gasteiger partial charge in [0, 0.05) is 26.3 Å². The summed E-state index contributed by atoms with van der Waals surface area (Å²) in [6, 6.07) is 6.96. The minimum Gasteiger partial charge on any atom is -0.384 e. The molecular weight excluding hydrogens is 288 g/mol. The van der Waals surface area contributed by atoms with E-state index in [0.717, 1.165) is 18.9 Å². The normalized spacial score (nSPS) is 15.1. The van der Waals surface area contributed by atoms with Gasteiger partial charge in [-0.05, 0) is 37.3 Å². The first-order valence-corrected chi connectivity index (χ1v) is 9.02. The molecule has 118 valence electrons. The van der Waals surface area contributed by atoms with Crippen molar-refractivity contribution in [1.29, 1.82) is 0 Å². The highest BCUT2D eigenvalue weighted by atomic mass is 32.2. The third-order valence-corrected chi connectivity index (χ3v) is 4.95. The number of anilines is 1. The number of nitrogens with one attached hydrogen (secondary N) is 2. The van der Waals surface area contributed by atoms with Crippen molar-refractivity contribution in [2.45, 2.75) is 31.1 Å². The summed E-state index contributed by atoms with van der Waals surface area (Å²) in [5, 5.41) is 3.18. The monoisotopic (exact) mass is 312 g/mol. The average Bonchev–Trinajstić information content (AvgIpc) is 3.27. The van der Waals surface area contributed by atoms with Gasteiger partial charge in [0.05, 0.1) is 5.69 Å². The van der Waals surface area contributed by atoms with Gasteiger partial charge in [-0.2, -0.15) is 0 Å². The standard InChI is InChI=1S/C15H24N2O3S/c1-2-17-21(18,19)15-7-4-3-6-14(15)16-10-5-11-20-12-13-8-9-13/h3-4,6-7,13,16-17H,2,5,8-12H2,1H3. The molecule has 2 rings (SSSR count). The molecule has 0 heterocycles. The predicted octanol–water partition coefficient (Wildman–Crippen LogP) is 2.21. The van der Waals surface area contributed by atoms with E-state index in [4.69, 9.17) is 4.74 Å². The van der Waals surface area contributed by atoms with E-state index in [0.29, 0.717) is 30.3 Å². The Kier molecular flexibility index (Phi) is 6.02. The van der Waals surface area contributed by atoms with Crippen LogP contribution in [0.5, 0.6) is 0 Å². The molecule has 1 aliphatic rings. The topological polar surface area (TPSA) is 67.4 Å². The van der Waals surface area contributed by atoms with Crippen LogP contribution in [0.4, 0.5) is 5.69 Å². The van der Waals surface area contributed by atoms with Gasteiger partial charge in [-0.3, -0.25) is 0 Å². The van der Waals surface area contributed by atoms with Crippen LogP contribution >= 0.6 is 0 Å². The molecule has 21 heavy (non-hydrogen) atoms. The Bertz CT molecular complexity index is 542. The van der Waals surface area contributed by atoms with Gasteiger partial charge in [-0.15, -0.1) is 0 Å². The van der Waals surface area contributed by atoms with Gasteiger partial charge in [-0.1, -0.05) is 19.1 Å². The summed E-state index contributed by atoms with van der Waals surface area (Å²) in [4.78, 5) is 0.297. The molecule has 0 unspecified atom stereocenters. The van der Waals surface area contributed by atoms with Crippen LogP contribution in [-0.4, -0.2) is 34.7 Å². The molecule has 0 amide bonds. The second-order valence-corrected chi connectivity index (χ2v) is 7.03. The van der Waals surface area contributed by atoms with E-state index < -0.39 is 10.0 Å². The maximum absolute atomic E-state index is 12.1. The summed E-state index contributed by atoms with van der Waals surface area (Å²) >= 11 is 0. The van der Waals surface area contributed by atoms with Crippen molar-refractivity contribution < 1.29 is 13.2 Å². The number of hydrogen-bond acceptors (Lipinski definition) is 4. The van der Waals surface area contributed by atoms with Crippen LogP contribution in [0.1, 0.15) is 26.2 Å². The van der Waals surface area contributed by atoms with Crippen LogP contribution in [0.25, 0.3) is 0 Å².